The molecule has 0 saturated heterocycles. The lowest BCUT2D eigenvalue weighted by Gasteiger charge is -2.14. The van der Waals surface area contributed by atoms with E-state index in [2.05, 4.69) is 21.2 Å². The smallest absolute Gasteiger partial charge is 0.251 e. The molecule has 0 aliphatic rings. The monoisotopic (exact) mass is 301 g/mol. The fraction of sp³-hybridized carbons (Fsp3) is 0.462. The fourth-order valence-electron chi connectivity index (χ4n) is 1.64. The van der Waals surface area contributed by atoms with Gasteiger partial charge in [0.25, 0.3) is 5.91 Å². The van der Waals surface area contributed by atoms with Crippen LogP contribution in [0.15, 0.2) is 18.2 Å². The summed E-state index contributed by atoms with van der Waals surface area (Å²) in [7, 11) is 0. The van der Waals surface area contributed by atoms with Crippen molar-refractivity contribution < 1.29 is 9.18 Å². The predicted molar refractivity (Wildman–Crippen MR) is 71.1 cm³/mol. The van der Waals surface area contributed by atoms with Gasteiger partial charge < -0.3 is 5.32 Å². The Kier molecular flexibility index (Phi) is 5.62. The SMILES string of the molecule is Cc1cc(F)ccc1C(=O)NC(C)CCCBr. The first-order valence-electron chi connectivity index (χ1n) is 5.67. The van der Waals surface area contributed by atoms with Crippen LogP contribution in [0.3, 0.4) is 0 Å². The van der Waals surface area contributed by atoms with Crippen molar-refractivity contribution >= 4 is 21.8 Å². The Morgan fingerprint density at radius 2 is 2.24 bits per heavy atom. The summed E-state index contributed by atoms with van der Waals surface area (Å²) in [6, 6.07) is 4.34. The fourth-order valence-corrected chi connectivity index (χ4v) is 1.96. The van der Waals surface area contributed by atoms with Gasteiger partial charge in [0.1, 0.15) is 5.82 Å². The van der Waals surface area contributed by atoms with Crippen LogP contribution in [0, 0.1) is 12.7 Å². The Morgan fingerprint density at radius 1 is 1.53 bits per heavy atom. The molecule has 0 aromatic heterocycles. The van der Waals surface area contributed by atoms with Gasteiger partial charge in [-0.1, -0.05) is 15.9 Å². The maximum Gasteiger partial charge on any atom is 0.251 e. The maximum absolute atomic E-state index is 12.9. The van der Waals surface area contributed by atoms with Crippen LogP contribution in [0.4, 0.5) is 4.39 Å². The van der Waals surface area contributed by atoms with E-state index in [0.717, 1.165) is 18.2 Å². The third-order valence-corrected chi connectivity index (χ3v) is 3.14. The van der Waals surface area contributed by atoms with Gasteiger partial charge in [0, 0.05) is 16.9 Å². The lowest BCUT2D eigenvalue weighted by atomic mass is 10.1. The lowest BCUT2D eigenvalue weighted by Crippen LogP contribution is -2.33. The highest BCUT2D eigenvalue weighted by molar-refractivity contribution is 9.09. The van der Waals surface area contributed by atoms with E-state index in [1.54, 1.807) is 6.92 Å². The van der Waals surface area contributed by atoms with Gasteiger partial charge in [-0.2, -0.15) is 0 Å². The van der Waals surface area contributed by atoms with Gasteiger partial charge >= 0.3 is 0 Å². The van der Waals surface area contributed by atoms with Gasteiger partial charge in [0.15, 0.2) is 0 Å². The Balaban J connectivity index is 2.63. The first kappa shape index (κ1) is 14.2. The van der Waals surface area contributed by atoms with Gasteiger partial charge in [0.05, 0.1) is 0 Å². The van der Waals surface area contributed by atoms with Crippen molar-refractivity contribution in [2.24, 2.45) is 0 Å². The van der Waals surface area contributed by atoms with Crippen LogP contribution in [-0.2, 0) is 0 Å². The molecular formula is C13H17BrFNO. The van der Waals surface area contributed by atoms with Crippen molar-refractivity contribution in [1.82, 2.24) is 5.32 Å². The molecule has 0 spiro atoms. The minimum atomic E-state index is -0.314. The number of benzene rings is 1. The first-order valence-corrected chi connectivity index (χ1v) is 6.79. The van der Waals surface area contributed by atoms with Crippen LogP contribution in [-0.4, -0.2) is 17.3 Å². The second-order valence-corrected chi connectivity index (χ2v) is 4.96. The average molecular weight is 302 g/mol. The molecule has 94 valence electrons. The number of rotatable bonds is 5. The highest BCUT2D eigenvalue weighted by Gasteiger charge is 2.12. The summed E-state index contributed by atoms with van der Waals surface area (Å²) in [6.45, 7) is 3.71. The van der Waals surface area contributed by atoms with Crippen molar-refractivity contribution in [3.05, 3.63) is 35.1 Å². The molecule has 17 heavy (non-hydrogen) atoms. The van der Waals surface area contributed by atoms with Crippen LogP contribution >= 0.6 is 15.9 Å². The quantitative estimate of drug-likeness (QED) is 0.830. The second kappa shape index (κ2) is 6.74. The third-order valence-electron chi connectivity index (χ3n) is 2.58. The van der Waals surface area contributed by atoms with Gasteiger partial charge in [-0.05, 0) is 50.5 Å². The van der Waals surface area contributed by atoms with Gasteiger partial charge in [-0.3, -0.25) is 4.79 Å². The Hall–Kier alpha value is -0.900. The topological polar surface area (TPSA) is 29.1 Å². The summed E-state index contributed by atoms with van der Waals surface area (Å²) < 4.78 is 12.9. The number of carbonyl (C=O) groups excluding carboxylic acids is 1. The predicted octanol–water partition coefficient (Wildman–Crippen LogP) is 3.43. The molecule has 1 aromatic carbocycles. The number of carbonyl (C=O) groups is 1. The van der Waals surface area contributed by atoms with Crippen LogP contribution in [0.25, 0.3) is 0 Å². The third kappa shape index (κ3) is 4.46. The standard InChI is InChI=1S/C13H17BrFNO/c1-9-8-11(15)5-6-12(9)13(17)16-10(2)4-3-7-14/h5-6,8,10H,3-4,7H2,1-2H3,(H,16,17). The van der Waals surface area contributed by atoms with E-state index in [4.69, 9.17) is 0 Å². The van der Waals surface area contributed by atoms with Crippen molar-refractivity contribution in [3.8, 4) is 0 Å². The van der Waals surface area contributed by atoms with Crippen molar-refractivity contribution in [2.75, 3.05) is 5.33 Å². The van der Waals surface area contributed by atoms with E-state index < -0.39 is 0 Å². The highest BCUT2D eigenvalue weighted by atomic mass is 79.9. The molecule has 1 rings (SSSR count). The van der Waals surface area contributed by atoms with Crippen LogP contribution < -0.4 is 5.32 Å². The summed E-state index contributed by atoms with van der Waals surface area (Å²) >= 11 is 3.35. The van der Waals surface area contributed by atoms with Crippen LogP contribution in [0.2, 0.25) is 0 Å². The number of amides is 1. The molecule has 0 heterocycles. The number of hydrogen-bond acceptors (Lipinski definition) is 1. The molecule has 0 radical (unpaired) electrons. The van der Waals surface area contributed by atoms with Gasteiger partial charge in [-0.25, -0.2) is 4.39 Å². The van der Waals surface area contributed by atoms with Crippen LogP contribution in [0.1, 0.15) is 35.7 Å². The molecule has 1 amide bonds. The van der Waals surface area contributed by atoms with E-state index in [1.807, 2.05) is 6.92 Å². The molecule has 0 aliphatic heterocycles. The lowest BCUT2D eigenvalue weighted by molar-refractivity contribution is 0.0937. The number of aryl methyl sites for hydroxylation is 1. The molecular weight excluding hydrogens is 285 g/mol. The van der Waals surface area contributed by atoms with E-state index in [9.17, 15) is 9.18 Å². The summed E-state index contributed by atoms with van der Waals surface area (Å²) in [5.74, 6) is -0.448. The summed E-state index contributed by atoms with van der Waals surface area (Å²) in [5, 5.41) is 3.84. The number of halogens is 2. The van der Waals surface area contributed by atoms with E-state index in [0.29, 0.717) is 11.1 Å². The normalized spacial score (nSPS) is 12.2. The van der Waals surface area contributed by atoms with Crippen molar-refractivity contribution in [3.63, 3.8) is 0 Å². The highest BCUT2D eigenvalue weighted by Crippen LogP contribution is 2.10. The van der Waals surface area contributed by atoms with Gasteiger partial charge in [0.2, 0.25) is 0 Å². The van der Waals surface area contributed by atoms with Gasteiger partial charge in [-0.15, -0.1) is 0 Å². The summed E-state index contributed by atoms with van der Waals surface area (Å²) in [6.07, 6.45) is 1.95. The number of nitrogens with one attached hydrogen (secondary N) is 1. The molecule has 4 heteroatoms. The second-order valence-electron chi connectivity index (χ2n) is 4.16. The first-order chi connectivity index (χ1) is 8.04. The minimum Gasteiger partial charge on any atom is -0.350 e. The summed E-state index contributed by atoms with van der Waals surface area (Å²) in [4.78, 5) is 11.9. The molecule has 1 atom stereocenters. The molecule has 0 fully saturated rings. The zero-order valence-corrected chi connectivity index (χ0v) is 11.7. The zero-order valence-electron chi connectivity index (χ0n) is 10.1. The molecule has 1 aromatic rings. The minimum absolute atomic E-state index is 0.129. The van der Waals surface area contributed by atoms with E-state index in [-0.39, 0.29) is 17.8 Å². The average Bonchev–Trinajstić information content (AvgIpc) is 2.26. The molecule has 2 nitrogen and oxygen atoms in total. The zero-order chi connectivity index (χ0) is 12.8. The molecule has 1 N–H and O–H groups in total. The largest absolute Gasteiger partial charge is 0.350 e. The summed E-state index contributed by atoms with van der Waals surface area (Å²) in [5.41, 5.74) is 1.20. The molecule has 1 unspecified atom stereocenters. The van der Waals surface area contributed by atoms with Crippen molar-refractivity contribution in [2.45, 2.75) is 32.7 Å². The Morgan fingerprint density at radius 3 is 2.82 bits per heavy atom. The Bertz CT molecular complexity index is 395. The molecule has 0 aliphatic carbocycles. The van der Waals surface area contributed by atoms with E-state index >= 15 is 0 Å². The van der Waals surface area contributed by atoms with E-state index in [1.165, 1.54) is 18.2 Å². The number of hydrogen-bond donors (Lipinski definition) is 1. The van der Waals surface area contributed by atoms with Crippen LogP contribution in [0.5, 0.6) is 0 Å². The maximum atomic E-state index is 12.9. The molecule has 0 saturated carbocycles. The molecule has 0 bridgehead atoms. The Labute approximate surface area is 110 Å². The van der Waals surface area contributed by atoms with Crippen molar-refractivity contribution in [1.29, 1.82) is 0 Å². The number of alkyl halides is 1.